The minimum absolute atomic E-state index is 0.0385. The molecule has 3 rings (SSSR count). The highest BCUT2D eigenvalue weighted by molar-refractivity contribution is 7.92. The monoisotopic (exact) mass is 484 g/mol. The molecule has 0 spiro atoms. The molecule has 168 valence electrons. The summed E-state index contributed by atoms with van der Waals surface area (Å²) >= 11 is 5.93. The Hall–Kier alpha value is -3.11. The molecule has 11 heteroatoms. The van der Waals surface area contributed by atoms with Crippen LogP contribution in [0.25, 0.3) is 0 Å². The van der Waals surface area contributed by atoms with E-state index in [9.17, 15) is 26.4 Å². The Morgan fingerprint density at radius 1 is 1.09 bits per heavy atom. The number of anilines is 1. The number of pyridine rings is 1. The molecule has 0 atom stereocenters. The normalized spacial score (nSPS) is 11.9. The molecule has 0 radical (unpaired) electrons. The Morgan fingerprint density at radius 3 is 2.19 bits per heavy atom. The van der Waals surface area contributed by atoms with Crippen molar-refractivity contribution in [1.82, 2.24) is 4.98 Å². The van der Waals surface area contributed by atoms with Gasteiger partial charge in [-0.1, -0.05) is 23.7 Å². The molecule has 0 aliphatic carbocycles. The summed E-state index contributed by atoms with van der Waals surface area (Å²) < 4.78 is 66.4. The maximum absolute atomic E-state index is 13.4. The quantitative estimate of drug-likeness (QED) is 0.522. The fraction of sp³-hybridized carbons (Fsp3) is 0.143. The summed E-state index contributed by atoms with van der Waals surface area (Å²) in [5, 5.41) is 9.32. The van der Waals surface area contributed by atoms with Crippen molar-refractivity contribution in [3.05, 3.63) is 88.1 Å². The van der Waals surface area contributed by atoms with E-state index in [1.54, 1.807) is 6.92 Å². The molecule has 0 amide bonds. The van der Waals surface area contributed by atoms with Gasteiger partial charge in [0.25, 0.3) is 10.0 Å². The Kier molecular flexibility index (Phi) is 6.47. The number of carbonyl (C=O) groups is 1. The molecule has 1 aromatic heterocycles. The van der Waals surface area contributed by atoms with E-state index < -0.39 is 27.7 Å². The van der Waals surface area contributed by atoms with Gasteiger partial charge in [0, 0.05) is 6.20 Å². The van der Waals surface area contributed by atoms with Crippen LogP contribution in [0, 0.1) is 6.92 Å². The molecule has 0 saturated heterocycles. The highest BCUT2D eigenvalue weighted by Crippen LogP contribution is 2.31. The van der Waals surface area contributed by atoms with E-state index >= 15 is 0 Å². The number of aryl methyl sites for hydroxylation is 1. The number of rotatable bonds is 6. The molecular formula is C21H16ClF3N2O4S. The predicted octanol–water partition coefficient (Wildman–Crippen LogP) is 5.16. The average Bonchev–Trinajstić information content (AvgIpc) is 2.72. The first-order chi connectivity index (χ1) is 14.9. The molecule has 2 aromatic carbocycles. The van der Waals surface area contributed by atoms with Crippen molar-refractivity contribution in [2.75, 3.05) is 4.31 Å². The number of nitrogens with zero attached hydrogens (tertiary/aromatic N) is 2. The van der Waals surface area contributed by atoms with Crippen LogP contribution >= 0.6 is 11.6 Å². The first kappa shape index (κ1) is 23.6. The highest BCUT2D eigenvalue weighted by atomic mass is 35.5. The molecule has 0 saturated carbocycles. The molecule has 32 heavy (non-hydrogen) atoms. The van der Waals surface area contributed by atoms with Crippen molar-refractivity contribution in [3.8, 4) is 0 Å². The van der Waals surface area contributed by atoms with Gasteiger partial charge in [-0.25, -0.2) is 22.5 Å². The Morgan fingerprint density at radius 2 is 1.69 bits per heavy atom. The fourth-order valence-corrected chi connectivity index (χ4v) is 4.61. The Balaban J connectivity index is 2.07. The van der Waals surface area contributed by atoms with Crippen molar-refractivity contribution in [2.45, 2.75) is 24.5 Å². The van der Waals surface area contributed by atoms with Crippen LogP contribution in [-0.2, 0) is 22.7 Å². The summed E-state index contributed by atoms with van der Waals surface area (Å²) in [4.78, 5) is 15.0. The number of alkyl halides is 3. The zero-order chi connectivity index (χ0) is 23.7. The molecule has 0 unspecified atom stereocenters. The summed E-state index contributed by atoms with van der Waals surface area (Å²) in [6.45, 7) is 1.29. The molecule has 0 bridgehead atoms. The third-order valence-electron chi connectivity index (χ3n) is 4.55. The fourth-order valence-electron chi connectivity index (χ4n) is 2.93. The lowest BCUT2D eigenvalue weighted by molar-refractivity contribution is -0.137. The van der Waals surface area contributed by atoms with Gasteiger partial charge in [-0.05, 0) is 60.5 Å². The van der Waals surface area contributed by atoms with Crippen LogP contribution in [0.1, 0.15) is 27.0 Å². The molecular weight excluding hydrogens is 469 g/mol. The van der Waals surface area contributed by atoms with Gasteiger partial charge in [0.05, 0.1) is 27.6 Å². The summed E-state index contributed by atoms with van der Waals surface area (Å²) in [6.07, 6.45) is -3.27. The van der Waals surface area contributed by atoms with Crippen LogP contribution in [0.5, 0.6) is 0 Å². The number of sulfonamides is 1. The van der Waals surface area contributed by atoms with Gasteiger partial charge in [-0.15, -0.1) is 0 Å². The first-order valence-electron chi connectivity index (χ1n) is 9.04. The zero-order valence-corrected chi connectivity index (χ0v) is 18.0. The second-order valence-corrected chi connectivity index (χ2v) is 9.13. The number of hydrogen-bond donors (Lipinski definition) is 1. The highest BCUT2D eigenvalue weighted by Gasteiger charge is 2.31. The summed E-state index contributed by atoms with van der Waals surface area (Å²) in [6, 6.07) is 10.2. The van der Waals surface area contributed by atoms with Gasteiger partial charge in [-0.2, -0.15) is 13.2 Å². The zero-order valence-electron chi connectivity index (χ0n) is 16.5. The van der Waals surface area contributed by atoms with Gasteiger partial charge in [0.15, 0.2) is 0 Å². The van der Waals surface area contributed by atoms with Crippen LogP contribution in [0.4, 0.5) is 19.0 Å². The summed E-state index contributed by atoms with van der Waals surface area (Å²) in [7, 11) is -4.26. The van der Waals surface area contributed by atoms with Crippen LogP contribution < -0.4 is 4.31 Å². The van der Waals surface area contributed by atoms with Crippen molar-refractivity contribution >= 4 is 33.4 Å². The average molecular weight is 485 g/mol. The number of carboxylic acid groups (broad SMARTS) is 1. The number of hydrogen-bond acceptors (Lipinski definition) is 4. The molecule has 0 aliphatic heterocycles. The van der Waals surface area contributed by atoms with Crippen molar-refractivity contribution in [3.63, 3.8) is 0 Å². The second-order valence-electron chi connectivity index (χ2n) is 6.83. The van der Waals surface area contributed by atoms with Crippen LogP contribution in [0.3, 0.4) is 0 Å². The number of carboxylic acids is 1. The van der Waals surface area contributed by atoms with E-state index in [0.717, 1.165) is 40.7 Å². The Bertz CT molecular complexity index is 1250. The number of halogens is 4. The van der Waals surface area contributed by atoms with Gasteiger partial charge in [-0.3, -0.25) is 0 Å². The molecule has 3 aromatic rings. The number of aromatic nitrogens is 1. The van der Waals surface area contributed by atoms with Crippen LogP contribution in [-0.4, -0.2) is 24.5 Å². The van der Waals surface area contributed by atoms with E-state index in [4.69, 9.17) is 16.7 Å². The molecule has 0 aliphatic rings. The molecule has 6 nitrogen and oxygen atoms in total. The van der Waals surface area contributed by atoms with Gasteiger partial charge in [0.2, 0.25) is 0 Å². The van der Waals surface area contributed by atoms with Crippen LogP contribution in [0.2, 0.25) is 5.02 Å². The second kappa shape index (κ2) is 8.79. The predicted molar refractivity (Wildman–Crippen MR) is 112 cm³/mol. The topological polar surface area (TPSA) is 87.6 Å². The maximum Gasteiger partial charge on any atom is 0.416 e. The minimum atomic E-state index is -4.52. The number of benzene rings is 2. The molecule has 1 N–H and O–H groups in total. The van der Waals surface area contributed by atoms with Gasteiger partial charge < -0.3 is 5.11 Å². The lowest BCUT2D eigenvalue weighted by Gasteiger charge is -2.25. The Labute approximate surface area is 187 Å². The van der Waals surface area contributed by atoms with E-state index in [1.807, 2.05) is 0 Å². The number of aromatic carboxylic acids is 1. The molecule has 1 heterocycles. The van der Waals surface area contributed by atoms with Gasteiger partial charge >= 0.3 is 12.1 Å². The van der Waals surface area contributed by atoms with E-state index in [0.29, 0.717) is 11.1 Å². The standard InChI is InChI=1S/C21H16ClF3N2O4S/c1-13-10-17(22)11-26-19(13)27(12-14-2-6-16(7-3-14)21(23,24)25)32(30,31)18-8-4-15(5-9-18)20(28)29/h2-11H,12H2,1H3,(H,28,29). The van der Waals surface area contributed by atoms with Gasteiger partial charge in [0.1, 0.15) is 5.82 Å². The van der Waals surface area contributed by atoms with Crippen molar-refractivity contribution < 1.29 is 31.5 Å². The molecule has 0 fully saturated rings. The third kappa shape index (κ3) is 5.03. The first-order valence-corrected chi connectivity index (χ1v) is 10.9. The van der Waals surface area contributed by atoms with Crippen LogP contribution in [0.15, 0.2) is 65.7 Å². The van der Waals surface area contributed by atoms with E-state index in [1.165, 1.54) is 24.4 Å². The lowest BCUT2D eigenvalue weighted by Crippen LogP contribution is -2.32. The van der Waals surface area contributed by atoms with E-state index in [2.05, 4.69) is 4.98 Å². The van der Waals surface area contributed by atoms with Crippen molar-refractivity contribution in [1.29, 1.82) is 0 Å². The lowest BCUT2D eigenvalue weighted by atomic mass is 10.1. The van der Waals surface area contributed by atoms with Crippen molar-refractivity contribution in [2.24, 2.45) is 0 Å². The largest absolute Gasteiger partial charge is 0.478 e. The summed E-state index contributed by atoms with van der Waals surface area (Å²) in [5.41, 5.74) is -0.241. The van der Waals surface area contributed by atoms with E-state index in [-0.39, 0.29) is 27.8 Å². The third-order valence-corrected chi connectivity index (χ3v) is 6.51. The maximum atomic E-state index is 13.4. The SMILES string of the molecule is Cc1cc(Cl)cnc1N(Cc1ccc(C(F)(F)F)cc1)S(=O)(=O)c1ccc(C(=O)O)cc1. The smallest absolute Gasteiger partial charge is 0.416 e. The summed E-state index contributed by atoms with van der Waals surface area (Å²) in [5.74, 6) is -1.18. The minimum Gasteiger partial charge on any atom is -0.478 e.